The van der Waals surface area contributed by atoms with Gasteiger partial charge in [-0.05, 0) is 98.8 Å². The second kappa shape index (κ2) is 7.47. The Labute approximate surface area is 185 Å². The van der Waals surface area contributed by atoms with Gasteiger partial charge in [-0.3, -0.25) is 14.8 Å². The summed E-state index contributed by atoms with van der Waals surface area (Å²) in [7, 11) is 0. The van der Waals surface area contributed by atoms with Gasteiger partial charge in [0.15, 0.2) is 0 Å². The number of amides is 1. The van der Waals surface area contributed by atoms with E-state index in [0.717, 1.165) is 44.2 Å². The number of piperidine rings is 1. The van der Waals surface area contributed by atoms with Gasteiger partial charge in [-0.1, -0.05) is 30.3 Å². The van der Waals surface area contributed by atoms with Gasteiger partial charge in [0.25, 0.3) is 0 Å². The summed E-state index contributed by atoms with van der Waals surface area (Å²) in [5.41, 5.74) is 3.11. The quantitative estimate of drug-likeness (QED) is 0.772. The average Bonchev–Trinajstić information content (AvgIpc) is 3.28. The normalized spacial score (nSPS) is 35.4. The van der Waals surface area contributed by atoms with Crippen LogP contribution >= 0.6 is 0 Å². The van der Waals surface area contributed by atoms with E-state index in [1.54, 1.807) is 0 Å². The molecule has 2 N–H and O–H groups in total. The number of carbonyl (C=O) groups is 1. The van der Waals surface area contributed by atoms with Crippen LogP contribution in [0.2, 0.25) is 0 Å². The van der Waals surface area contributed by atoms with Gasteiger partial charge in [0.1, 0.15) is 0 Å². The highest BCUT2D eigenvalue weighted by Crippen LogP contribution is 2.62. The predicted octanol–water partition coefficient (Wildman–Crippen LogP) is 4.00. The second-order valence-electron chi connectivity index (χ2n) is 11.0. The third-order valence-corrected chi connectivity index (χ3v) is 8.80. The van der Waals surface area contributed by atoms with E-state index in [4.69, 9.17) is 0 Å². The fourth-order valence-electron chi connectivity index (χ4n) is 7.99. The SMILES string of the molecule is O=C(CN1CCC(c2cn[nH]c2)CC1)NC12C[C@H]3C[C@@H](C1)CC(c1ccccc1)(C3)C2. The van der Waals surface area contributed by atoms with E-state index >= 15 is 0 Å². The Kier molecular flexibility index (Phi) is 4.71. The molecular weight excluding hydrogens is 384 g/mol. The average molecular weight is 419 g/mol. The van der Waals surface area contributed by atoms with Crippen LogP contribution in [0.4, 0.5) is 0 Å². The van der Waals surface area contributed by atoms with Crippen molar-refractivity contribution in [1.82, 2.24) is 20.4 Å². The van der Waals surface area contributed by atoms with Crippen molar-refractivity contribution in [2.75, 3.05) is 19.6 Å². The largest absolute Gasteiger partial charge is 0.350 e. The van der Waals surface area contributed by atoms with Gasteiger partial charge >= 0.3 is 0 Å². The molecule has 1 amide bonds. The highest BCUT2D eigenvalue weighted by Gasteiger charge is 2.58. The van der Waals surface area contributed by atoms with Crippen molar-refractivity contribution in [1.29, 1.82) is 0 Å². The zero-order valence-electron chi connectivity index (χ0n) is 18.4. The van der Waals surface area contributed by atoms with Crippen LogP contribution < -0.4 is 5.32 Å². The van der Waals surface area contributed by atoms with Crippen LogP contribution in [0.25, 0.3) is 0 Å². The van der Waals surface area contributed by atoms with Gasteiger partial charge in [0, 0.05) is 11.7 Å². The van der Waals surface area contributed by atoms with Crippen molar-refractivity contribution in [3.05, 3.63) is 53.9 Å². The van der Waals surface area contributed by atoms with Crippen molar-refractivity contribution in [3.8, 4) is 0 Å². The fraction of sp³-hybridized carbons (Fsp3) is 0.615. The van der Waals surface area contributed by atoms with Crippen molar-refractivity contribution in [2.24, 2.45) is 11.8 Å². The molecule has 7 rings (SSSR count). The smallest absolute Gasteiger partial charge is 0.234 e. The Balaban J connectivity index is 1.11. The highest BCUT2D eigenvalue weighted by atomic mass is 16.2. The third-order valence-electron chi connectivity index (χ3n) is 8.80. The van der Waals surface area contributed by atoms with Gasteiger partial charge in [-0.2, -0.15) is 5.10 Å². The van der Waals surface area contributed by atoms with Crippen LogP contribution in [-0.2, 0) is 10.2 Å². The molecule has 1 aromatic heterocycles. The number of rotatable bonds is 5. The molecule has 4 aliphatic carbocycles. The Morgan fingerprint density at radius 2 is 1.84 bits per heavy atom. The lowest BCUT2D eigenvalue weighted by molar-refractivity contribution is -0.129. The predicted molar refractivity (Wildman–Crippen MR) is 121 cm³/mol. The van der Waals surface area contributed by atoms with Crippen molar-refractivity contribution < 1.29 is 4.79 Å². The molecule has 2 aromatic rings. The van der Waals surface area contributed by atoms with E-state index < -0.39 is 0 Å². The molecule has 0 spiro atoms. The maximum absolute atomic E-state index is 13.2. The van der Waals surface area contributed by atoms with E-state index in [-0.39, 0.29) is 16.9 Å². The molecule has 1 aromatic carbocycles. The molecule has 2 heterocycles. The maximum atomic E-state index is 13.2. The molecule has 5 aliphatic rings. The first-order chi connectivity index (χ1) is 15.1. The summed E-state index contributed by atoms with van der Waals surface area (Å²) in [6, 6.07) is 11.1. The molecule has 164 valence electrons. The summed E-state index contributed by atoms with van der Waals surface area (Å²) in [4.78, 5) is 15.5. The minimum absolute atomic E-state index is 0.0200. The van der Waals surface area contributed by atoms with Crippen molar-refractivity contribution >= 4 is 5.91 Å². The van der Waals surface area contributed by atoms with E-state index in [1.807, 2.05) is 12.4 Å². The molecule has 5 nitrogen and oxygen atoms in total. The van der Waals surface area contributed by atoms with Crippen LogP contribution in [0.15, 0.2) is 42.7 Å². The Bertz CT molecular complexity index is 902. The van der Waals surface area contributed by atoms with Crippen LogP contribution in [0.3, 0.4) is 0 Å². The zero-order valence-corrected chi connectivity index (χ0v) is 18.4. The van der Waals surface area contributed by atoms with Crippen LogP contribution in [-0.4, -0.2) is 46.2 Å². The lowest BCUT2D eigenvalue weighted by Gasteiger charge is -2.62. The number of nitrogens with one attached hydrogen (secondary N) is 2. The number of carbonyl (C=O) groups excluding carboxylic acids is 1. The minimum Gasteiger partial charge on any atom is -0.350 e. The summed E-state index contributed by atoms with van der Waals surface area (Å²) in [5, 5.41) is 10.6. The van der Waals surface area contributed by atoms with Gasteiger partial charge < -0.3 is 5.32 Å². The van der Waals surface area contributed by atoms with Gasteiger partial charge in [-0.25, -0.2) is 0 Å². The molecule has 1 saturated heterocycles. The number of likely N-dealkylation sites (tertiary alicyclic amines) is 1. The second-order valence-corrected chi connectivity index (χ2v) is 11.0. The zero-order chi connectivity index (χ0) is 20.9. The van der Waals surface area contributed by atoms with Crippen LogP contribution in [0.1, 0.15) is 68.4 Å². The molecule has 1 aliphatic heterocycles. The van der Waals surface area contributed by atoms with E-state index in [9.17, 15) is 4.79 Å². The van der Waals surface area contributed by atoms with E-state index in [1.165, 1.54) is 43.2 Å². The number of benzene rings is 1. The van der Waals surface area contributed by atoms with E-state index in [0.29, 0.717) is 12.5 Å². The Morgan fingerprint density at radius 3 is 2.52 bits per heavy atom. The van der Waals surface area contributed by atoms with Gasteiger partial charge in [0.05, 0.1) is 12.7 Å². The van der Waals surface area contributed by atoms with Crippen molar-refractivity contribution in [2.45, 2.75) is 68.2 Å². The first kappa shape index (κ1) is 19.5. The monoisotopic (exact) mass is 418 g/mol. The fourth-order valence-corrected chi connectivity index (χ4v) is 7.99. The molecule has 5 fully saturated rings. The molecule has 31 heavy (non-hydrogen) atoms. The summed E-state index contributed by atoms with van der Waals surface area (Å²) >= 11 is 0. The number of hydrogen-bond donors (Lipinski definition) is 2. The van der Waals surface area contributed by atoms with Gasteiger partial charge in [0.2, 0.25) is 5.91 Å². The molecule has 0 radical (unpaired) electrons. The summed E-state index contributed by atoms with van der Waals surface area (Å²) in [5.74, 6) is 2.36. The molecular formula is C26H34N4O. The van der Waals surface area contributed by atoms with Crippen LogP contribution in [0.5, 0.6) is 0 Å². The highest BCUT2D eigenvalue weighted by molar-refractivity contribution is 5.79. The summed E-state index contributed by atoms with van der Waals surface area (Å²) < 4.78 is 0. The number of H-pyrrole nitrogens is 1. The number of hydrogen-bond acceptors (Lipinski definition) is 3. The third kappa shape index (κ3) is 3.61. The molecule has 4 atom stereocenters. The Morgan fingerprint density at radius 1 is 1.10 bits per heavy atom. The first-order valence-corrected chi connectivity index (χ1v) is 12.2. The molecule has 5 heteroatoms. The van der Waals surface area contributed by atoms with Crippen LogP contribution in [0, 0.1) is 11.8 Å². The summed E-state index contributed by atoms with van der Waals surface area (Å²) in [6.07, 6.45) is 13.7. The maximum Gasteiger partial charge on any atom is 0.234 e. The number of aromatic nitrogens is 2. The number of nitrogens with zero attached hydrogens (tertiary/aromatic N) is 2. The first-order valence-electron chi connectivity index (χ1n) is 12.2. The minimum atomic E-state index is 0.0200. The van der Waals surface area contributed by atoms with Gasteiger partial charge in [-0.15, -0.1) is 0 Å². The standard InChI is InChI=1S/C26H34N4O/c31-24(17-30-8-6-21(7-9-30)22-15-27-28-16-22)29-26-13-19-10-20(14-26)12-25(11-19,18-26)23-4-2-1-3-5-23/h1-5,15-16,19-21H,6-14,17-18H2,(H,27,28)(H,29,31)/t19-,20+,25?,26?. The Hall–Kier alpha value is -2.14. The lowest BCUT2D eigenvalue weighted by Crippen LogP contribution is -2.65. The van der Waals surface area contributed by atoms with Crippen molar-refractivity contribution in [3.63, 3.8) is 0 Å². The molecule has 2 unspecified atom stereocenters. The molecule has 4 saturated carbocycles. The topological polar surface area (TPSA) is 61.0 Å². The van der Waals surface area contributed by atoms with E-state index in [2.05, 4.69) is 50.7 Å². The number of aromatic amines is 1. The summed E-state index contributed by atoms with van der Waals surface area (Å²) in [6.45, 7) is 2.54. The lowest BCUT2D eigenvalue weighted by atomic mass is 9.45. The molecule has 4 bridgehead atoms.